The van der Waals surface area contributed by atoms with Crippen LogP contribution >= 0.6 is 0 Å². The maximum absolute atomic E-state index is 9.20. The first-order valence-corrected chi connectivity index (χ1v) is 5.18. The molecular weight excluding hydrogens is 190 g/mol. The van der Waals surface area contributed by atoms with Crippen molar-refractivity contribution in [3.8, 4) is 5.75 Å². The van der Waals surface area contributed by atoms with Crippen molar-refractivity contribution >= 4 is 0 Å². The second kappa shape index (κ2) is 5.73. The van der Waals surface area contributed by atoms with Crippen molar-refractivity contribution in [2.45, 2.75) is 31.9 Å². The Hall–Kier alpha value is -1.06. The molecule has 2 atom stereocenters. The van der Waals surface area contributed by atoms with Gasteiger partial charge in [0.05, 0.1) is 13.2 Å². The molecule has 0 bridgehead atoms. The summed E-state index contributed by atoms with van der Waals surface area (Å²) in [5, 5.41) is 9.20. The fraction of sp³-hybridized carbons (Fsp3) is 0.500. The summed E-state index contributed by atoms with van der Waals surface area (Å²) in [4.78, 5) is 0. The molecule has 0 aliphatic carbocycles. The summed E-state index contributed by atoms with van der Waals surface area (Å²) in [7, 11) is 1.65. The number of ether oxygens (including phenoxy) is 1. The minimum Gasteiger partial charge on any atom is -0.497 e. The van der Waals surface area contributed by atoms with Crippen molar-refractivity contribution in [3.05, 3.63) is 29.8 Å². The van der Waals surface area contributed by atoms with Crippen LogP contribution in [0.15, 0.2) is 24.3 Å². The molecule has 0 saturated carbocycles. The molecule has 0 amide bonds. The Labute approximate surface area is 90.9 Å². The molecule has 0 aliphatic rings. The number of nitrogens with two attached hydrogens (primary N) is 1. The third kappa shape index (κ3) is 4.32. The number of aliphatic hydroxyl groups is 1. The van der Waals surface area contributed by atoms with E-state index in [1.165, 1.54) is 0 Å². The Bertz CT molecular complexity index is 299. The second-order valence-electron chi connectivity index (χ2n) is 3.90. The van der Waals surface area contributed by atoms with Crippen LogP contribution in [-0.4, -0.2) is 24.4 Å². The molecule has 2 unspecified atom stereocenters. The molecule has 0 aromatic heterocycles. The maximum Gasteiger partial charge on any atom is 0.119 e. The Kier molecular flexibility index (Phi) is 4.59. The third-order valence-electron chi connectivity index (χ3n) is 2.28. The van der Waals surface area contributed by atoms with Crippen molar-refractivity contribution in [1.29, 1.82) is 0 Å². The maximum atomic E-state index is 9.20. The Morgan fingerprint density at radius 1 is 1.47 bits per heavy atom. The Balaban J connectivity index is 2.55. The van der Waals surface area contributed by atoms with E-state index in [1.807, 2.05) is 24.3 Å². The summed E-state index contributed by atoms with van der Waals surface area (Å²) < 4.78 is 5.13. The smallest absolute Gasteiger partial charge is 0.119 e. The largest absolute Gasteiger partial charge is 0.497 e. The summed E-state index contributed by atoms with van der Waals surface area (Å²) in [5.41, 5.74) is 7.04. The monoisotopic (exact) mass is 209 g/mol. The van der Waals surface area contributed by atoms with Crippen molar-refractivity contribution in [3.63, 3.8) is 0 Å². The topological polar surface area (TPSA) is 55.5 Å². The SMILES string of the molecule is COc1cccc(CC(N)CC(C)O)c1. The lowest BCUT2D eigenvalue weighted by Gasteiger charge is -2.13. The predicted molar refractivity (Wildman–Crippen MR) is 61.0 cm³/mol. The van der Waals surface area contributed by atoms with E-state index in [0.717, 1.165) is 17.7 Å². The number of benzene rings is 1. The number of hydrogen-bond acceptors (Lipinski definition) is 3. The molecule has 0 spiro atoms. The highest BCUT2D eigenvalue weighted by Crippen LogP contribution is 2.14. The van der Waals surface area contributed by atoms with Gasteiger partial charge in [0.15, 0.2) is 0 Å². The molecule has 3 N–H and O–H groups in total. The molecular formula is C12H19NO2. The van der Waals surface area contributed by atoms with Gasteiger partial charge in [0.2, 0.25) is 0 Å². The van der Waals surface area contributed by atoms with E-state index in [4.69, 9.17) is 10.5 Å². The van der Waals surface area contributed by atoms with Gasteiger partial charge in [-0.1, -0.05) is 12.1 Å². The van der Waals surface area contributed by atoms with Gasteiger partial charge < -0.3 is 15.6 Å². The van der Waals surface area contributed by atoms with Crippen LogP contribution in [0.5, 0.6) is 5.75 Å². The average Bonchev–Trinajstić information content (AvgIpc) is 2.16. The van der Waals surface area contributed by atoms with Crippen molar-refractivity contribution in [2.24, 2.45) is 5.73 Å². The van der Waals surface area contributed by atoms with Crippen molar-refractivity contribution in [2.75, 3.05) is 7.11 Å². The number of hydrogen-bond donors (Lipinski definition) is 2. The van der Waals surface area contributed by atoms with Crippen LogP contribution in [0.1, 0.15) is 18.9 Å². The number of aliphatic hydroxyl groups excluding tert-OH is 1. The Morgan fingerprint density at radius 3 is 2.80 bits per heavy atom. The van der Waals surface area contributed by atoms with E-state index < -0.39 is 0 Å². The quantitative estimate of drug-likeness (QED) is 0.769. The first kappa shape index (κ1) is 12.0. The predicted octanol–water partition coefficient (Wildman–Crippen LogP) is 1.34. The second-order valence-corrected chi connectivity index (χ2v) is 3.90. The van der Waals surface area contributed by atoms with Crippen LogP contribution in [0.4, 0.5) is 0 Å². The van der Waals surface area contributed by atoms with Crippen LogP contribution in [0.25, 0.3) is 0 Å². The first-order valence-electron chi connectivity index (χ1n) is 5.18. The van der Waals surface area contributed by atoms with E-state index in [0.29, 0.717) is 6.42 Å². The minimum absolute atomic E-state index is 0.00268. The van der Waals surface area contributed by atoms with Gasteiger partial charge >= 0.3 is 0 Å². The molecule has 1 rings (SSSR count). The fourth-order valence-electron chi connectivity index (χ4n) is 1.62. The zero-order chi connectivity index (χ0) is 11.3. The molecule has 0 fully saturated rings. The summed E-state index contributed by atoms with van der Waals surface area (Å²) in [6.45, 7) is 1.76. The minimum atomic E-state index is -0.342. The highest BCUT2D eigenvalue weighted by molar-refractivity contribution is 5.28. The number of methoxy groups -OCH3 is 1. The summed E-state index contributed by atoms with van der Waals surface area (Å²) in [5.74, 6) is 0.844. The molecule has 3 heteroatoms. The van der Waals surface area contributed by atoms with Crippen molar-refractivity contribution in [1.82, 2.24) is 0 Å². The molecule has 0 heterocycles. The molecule has 0 radical (unpaired) electrons. The van der Waals surface area contributed by atoms with Gasteiger partial charge in [-0.15, -0.1) is 0 Å². The third-order valence-corrected chi connectivity index (χ3v) is 2.28. The van der Waals surface area contributed by atoms with Gasteiger partial charge in [0.1, 0.15) is 5.75 Å². The van der Waals surface area contributed by atoms with Crippen LogP contribution < -0.4 is 10.5 Å². The summed E-state index contributed by atoms with van der Waals surface area (Å²) in [6, 6.07) is 7.84. The van der Waals surface area contributed by atoms with E-state index in [2.05, 4.69) is 0 Å². The number of rotatable bonds is 5. The van der Waals surface area contributed by atoms with Gasteiger partial charge in [-0.05, 0) is 37.5 Å². The molecule has 0 aliphatic heterocycles. The average molecular weight is 209 g/mol. The van der Waals surface area contributed by atoms with Gasteiger partial charge in [-0.3, -0.25) is 0 Å². The summed E-state index contributed by atoms with van der Waals surface area (Å²) >= 11 is 0. The lowest BCUT2D eigenvalue weighted by atomic mass is 10.0. The molecule has 0 saturated heterocycles. The molecule has 3 nitrogen and oxygen atoms in total. The molecule has 84 valence electrons. The summed E-state index contributed by atoms with van der Waals surface area (Å²) in [6.07, 6.45) is 1.05. The highest BCUT2D eigenvalue weighted by atomic mass is 16.5. The van der Waals surface area contributed by atoms with Gasteiger partial charge in [-0.25, -0.2) is 0 Å². The zero-order valence-electron chi connectivity index (χ0n) is 9.31. The fourth-order valence-corrected chi connectivity index (χ4v) is 1.62. The van der Waals surface area contributed by atoms with E-state index in [-0.39, 0.29) is 12.1 Å². The highest BCUT2D eigenvalue weighted by Gasteiger charge is 2.07. The Morgan fingerprint density at radius 2 is 2.20 bits per heavy atom. The van der Waals surface area contributed by atoms with Gasteiger partial charge in [0, 0.05) is 6.04 Å². The van der Waals surface area contributed by atoms with Crippen LogP contribution in [0, 0.1) is 0 Å². The van der Waals surface area contributed by atoms with E-state index >= 15 is 0 Å². The van der Waals surface area contributed by atoms with E-state index in [9.17, 15) is 5.11 Å². The standard InChI is InChI=1S/C12H19NO2/c1-9(14)6-11(13)7-10-4-3-5-12(8-10)15-2/h3-5,8-9,11,14H,6-7,13H2,1-2H3. The van der Waals surface area contributed by atoms with Gasteiger partial charge in [-0.2, -0.15) is 0 Å². The first-order chi connectivity index (χ1) is 7.11. The molecule has 1 aromatic carbocycles. The van der Waals surface area contributed by atoms with Gasteiger partial charge in [0.25, 0.3) is 0 Å². The van der Waals surface area contributed by atoms with Crippen molar-refractivity contribution < 1.29 is 9.84 Å². The zero-order valence-corrected chi connectivity index (χ0v) is 9.31. The molecule has 1 aromatic rings. The lowest BCUT2D eigenvalue weighted by molar-refractivity contribution is 0.174. The molecule has 15 heavy (non-hydrogen) atoms. The van der Waals surface area contributed by atoms with Crippen LogP contribution in [0.3, 0.4) is 0 Å². The van der Waals surface area contributed by atoms with Crippen LogP contribution in [0.2, 0.25) is 0 Å². The lowest BCUT2D eigenvalue weighted by Crippen LogP contribution is -2.27. The van der Waals surface area contributed by atoms with E-state index in [1.54, 1.807) is 14.0 Å². The normalized spacial score (nSPS) is 14.7. The van der Waals surface area contributed by atoms with Crippen LogP contribution in [-0.2, 0) is 6.42 Å².